The highest BCUT2D eigenvalue weighted by atomic mass is 127. The van der Waals surface area contributed by atoms with Crippen molar-refractivity contribution in [1.82, 2.24) is 20.6 Å². The molecule has 5 nitrogen and oxygen atoms in total. The fraction of sp³-hybridized carbons (Fsp3) is 0.238. The maximum absolute atomic E-state index is 13.7. The summed E-state index contributed by atoms with van der Waals surface area (Å²) in [6.45, 7) is 5.41. The second-order valence-corrected chi connectivity index (χ2v) is 6.24. The predicted molar refractivity (Wildman–Crippen MR) is 122 cm³/mol. The average Bonchev–Trinajstić information content (AvgIpc) is 3.16. The highest BCUT2D eigenvalue weighted by Crippen LogP contribution is 2.16. The van der Waals surface area contributed by atoms with Gasteiger partial charge in [-0.05, 0) is 36.6 Å². The Bertz CT molecular complexity index is 908. The Morgan fingerprint density at radius 2 is 1.93 bits per heavy atom. The van der Waals surface area contributed by atoms with Crippen LogP contribution in [0.3, 0.4) is 0 Å². The molecule has 0 radical (unpaired) electrons. The van der Waals surface area contributed by atoms with Crippen molar-refractivity contribution >= 4 is 29.9 Å². The highest BCUT2D eigenvalue weighted by molar-refractivity contribution is 14.0. The second kappa shape index (κ2) is 10.8. The number of rotatable bonds is 6. The Morgan fingerprint density at radius 1 is 1.14 bits per heavy atom. The number of nitrogens with one attached hydrogen (secondary N) is 3. The van der Waals surface area contributed by atoms with Gasteiger partial charge in [-0.1, -0.05) is 42.5 Å². The number of aromatic nitrogens is 2. The van der Waals surface area contributed by atoms with Crippen molar-refractivity contribution in [2.24, 2.45) is 4.99 Å². The maximum Gasteiger partial charge on any atom is 0.191 e. The van der Waals surface area contributed by atoms with E-state index in [9.17, 15) is 4.39 Å². The molecule has 28 heavy (non-hydrogen) atoms. The molecule has 0 aliphatic rings. The van der Waals surface area contributed by atoms with Gasteiger partial charge in [0.25, 0.3) is 0 Å². The first kappa shape index (κ1) is 21.9. The van der Waals surface area contributed by atoms with Gasteiger partial charge in [0.15, 0.2) is 5.96 Å². The molecule has 3 aromatic rings. The van der Waals surface area contributed by atoms with E-state index in [1.165, 1.54) is 6.07 Å². The molecule has 2 aromatic carbocycles. The number of H-pyrrole nitrogens is 1. The third kappa shape index (κ3) is 6.05. The van der Waals surface area contributed by atoms with Crippen molar-refractivity contribution < 1.29 is 4.39 Å². The number of benzene rings is 2. The monoisotopic (exact) mass is 493 g/mol. The van der Waals surface area contributed by atoms with Crippen LogP contribution in [-0.4, -0.2) is 22.5 Å². The van der Waals surface area contributed by atoms with Crippen LogP contribution in [0.1, 0.15) is 23.9 Å². The van der Waals surface area contributed by atoms with Crippen LogP contribution in [0.2, 0.25) is 0 Å². The lowest BCUT2D eigenvalue weighted by molar-refractivity contribution is 0.616. The largest absolute Gasteiger partial charge is 0.357 e. The second-order valence-electron chi connectivity index (χ2n) is 6.24. The van der Waals surface area contributed by atoms with Crippen LogP contribution in [-0.2, 0) is 13.1 Å². The molecule has 0 atom stereocenters. The number of hydrogen-bond acceptors (Lipinski definition) is 2. The summed E-state index contributed by atoms with van der Waals surface area (Å²) in [5.41, 5.74) is 3.54. The van der Waals surface area contributed by atoms with Crippen LogP contribution < -0.4 is 10.6 Å². The molecule has 1 heterocycles. The van der Waals surface area contributed by atoms with E-state index >= 15 is 0 Å². The summed E-state index contributed by atoms with van der Waals surface area (Å²) in [4.78, 5) is 12.2. The van der Waals surface area contributed by atoms with Crippen LogP contribution in [0.5, 0.6) is 0 Å². The third-order valence-corrected chi connectivity index (χ3v) is 4.14. The van der Waals surface area contributed by atoms with Gasteiger partial charge in [0.2, 0.25) is 0 Å². The fourth-order valence-corrected chi connectivity index (χ4v) is 2.63. The zero-order valence-corrected chi connectivity index (χ0v) is 18.3. The van der Waals surface area contributed by atoms with Gasteiger partial charge < -0.3 is 15.6 Å². The van der Waals surface area contributed by atoms with Gasteiger partial charge in [-0.15, -0.1) is 24.0 Å². The van der Waals surface area contributed by atoms with Gasteiger partial charge in [-0.2, -0.15) is 0 Å². The van der Waals surface area contributed by atoms with Crippen molar-refractivity contribution in [2.75, 3.05) is 6.54 Å². The third-order valence-electron chi connectivity index (χ3n) is 4.14. The van der Waals surface area contributed by atoms with E-state index in [0.717, 1.165) is 29.2 Å². The number of halogens is 2. The zero-order valence-electron chi connectivity index (χ0n) is 16.0. The molecule has 0 aliphatic heterocycles. The zero-order chi connectivity index (χ0) is 19.1. The number of nitrogens with zero attached hydrogens (tertiary/aromatic N) is 2. The van der Waals surface area contributed by atoms with E-state index in [1.807, 2.05) is 49.5 Å². The van der Waals surface area contributed by atoms with Crippen molar-refractivity contribution in [1.29, 1.82) is 0 Å². The molecular weight excluding hydrogens is 468 g/mol. The standard InChI is InChI=1S/C21H24FN5.HI/c1-3-23-21(25-12-16-10-9-15(2)18(22)11-16)26-14-20-24-13-19(27-20)17-7-5-4-6-8-17;/h4-11,13H,3,12,14H2,1-2H3,(H,24,27)(H2,23,25,26);1H. The highest BCUT2D eigenvalue weighted by Gasteiger charge is 2.05. The number of hydrogen-bond donors (Lipinski definition) is 3. The van der Waals surface area contributed by atoms with Gasteiger partial charge in [0.05, 0.1) is 25.0 Å². The molecule has 0 amide bonds. The molecular formula is C21H25FIN5. The fourth-order valence-electron chi connectivity index (χ4n) is 2.63. The Hall–Kier alpha value is -2.42. The average molecular weight is 493 g/mol. The molecule has 0 unspecified atom stereocenters. The molecule has 3 rings (SSSR count). The van der Waals surface area contributed by atoms with Crippen molar-refractivity contribution in [3.8, 4) is 11.3 Å². The Labute approximate surface area is 181 Å². The number of imidazole rings is 1. The Balaban J connectivity index is 0.00000280. The molecule has 148 valence electrons. The predicted octanol–water partition coefficient (Wildman–Crippen LogP) is 4.40. The van der Waals surface area contributed by atoms with Gasteiger partial charge in [-0.3, -0.25) is 0 Å². The molecule has 0 saturated heterocycles. The summed E-state index contributed by atoms with van der Waals surface area (Å²) in [6, 6.07) is 15.3. The molecule has 3 N–H and O–H groups in total. The minimum Gasteiger partial charge on any atom is -0.357 e. The van der Waals surface area contributed by atoms with E-state index in [0.29, 0.717) is 24.6 Å². The Morgan fingerprint density at radius 3 is 2.64 bits per heavy atom. The molecule has 1 aromatic heterocycles. The molecule has 0 spiro atoms. The van der Waals surface area contributed by atoms with E-state index in [2.05, 4.69) is 25.6 Å². The van der Waals surface area contributed by atoms with Crippen molar-refractivity contribution in [3.63, 3.8) is 0 Å². The first-order chi connectivity index (χ1) is 13.2. The molecule has 7 heteroatoms. The summed E-state index contributed by atoms with van der Waals surface area (Å²) in [5, 5.41) is 6.44. The molecule has 0 fully saturated rings. The lowest BCUT2D eigenvalue weighted by Gasteiger charge is -2.10. The summed E-state index contributed by atoms with van der Waals surface area (Å²) >= 11 is 0. The lowest BCUT2D eigenvalue weighted by atomic mass is 10.1. The maximum atomic E-state index is 13.7. The summed E-state index contributed by atoms with van der Waals surface area (Å²) < 4.78 is 13.7. The number of aryl methyl sites for hydroxylation is 1. The van der Waals surface area contributed by atoms with E-state index in [-0.39, 0.29) is 29.8 Å². The number of guanidine groups is 1. The molecule has 0 bridgehead atoms. The number of aliphatic imine (C=N–C) groups is 1. The smallest absolute Gasteiger partial charge is 0.191 e. The van der Waals surface area contributed by atoms with Crippen LogP contribution in [0, 0.1) is 12.7 Å². The topological polar surface area (TPSA) is 65.1 Å². The minimum atomic E-state index is -0.204. The van der Waals surface area contributed by atoms with E-state index in [1.54, 1.807) is 13.0 Å². The summed E-state index contributed by atoms with van der Waals surface area (Å²) in [5.74, 6) is 1.28. The lowest BCUT2D eigenvalue weighted by Crippen LogP contribution is -2.37. The Kier molecular flexibility index (Phi) is 8.43. The minimum absolute atomic E-state index is 0. The van der Waals surface area contributed by atoms with Gasteiger partial charge in [-0.25, -0.2) is 14.4 Å². The van der Waals surface area contributed by atoms with Crippen LogP contribution >= 0.6 is 24.0 Å². The van der Waals surface area contributed by atoms with Crippen molar-refractivity contribution in [3.05, 3.63) is 77.5 Å². The van der Waals surface area contributed by atoms with E-state index in [4.69, 9.17) is 0 Å². The van der Waals surface area contributed by atoms with E-state index < -0.39 is 0 Å². The van der Waals surface area contributed by atoms with Gasteiger partial charge in [0, 0.05) is 6.54 Å². The summed E-state index contributed by atoms with van der Waals surface area (Å²) in [6.07, 6.45) is 1.82. The van der Waals surface area contributed by atoms with Crippen LogP contribution in [0.15, 0.2) is 59.7 Å². The summed E-state index contributed by atoms with van der Waals surface area (Å²) in [7, 11) is 0. The van der Waals surface area contributed by atoms with Crippen LogP contribution in [0.25, 0.3) is 11.3 Å². The first-order valence-electron chi connectivity index (χ1n) is 9.02. The number of aromatic amines is 1. The van der Waals surface area contributed by atoms with Gasteiger partial charge >= 0.3 is 0 Å². The van der Waals surface area contributed by atoms with Crippen LogP contribution in [0.4, 0.5) is 4.39 Å². The SMILES string of the molecule is CCNC(=NCc1ccc(C)c(F)c1)NCc1ncc(-c2ccccc2)[nH]1.I. The molecule has 0 saturated carbocycles. The van der Waals surface area contributed by atoms with Gasteiger partial charge in [0.1, 0.15) is 11.6 Å². The normalized spacial score (nSPS) is 11.0. The quantitative estimate of drug-likeness (QED) is 0.271. The molecule has 0 aliphatic carbocycles. The van der Waals surface area contributed by atoms with Crippen molar-refractivity contribution in [2.45, 2.75) is 26.9 Å². The first-order valence-corrected chi connectivity index (χ1v) is 9.02.